The third-order valence-corrected chi connectivity index (χ3v) is 5.04. The summed E-state index contributed by atoms with van der Waals surface area (Å²) in [5.41, 5.74) is 8.26. The van der Waals surface area contributed by atoms with Crippen molar-refractivity contribution in [2.24, 2.45) is 5.73 Å². The predicted octanol–water partition coefficient (Wildman–Crippen LogP) is 2.38. The third-order valence-electron chi connectivity index (χ3n) is 5.04. The molecule has 8 heteroatoms. The number of piperazine rings is 1. The quantitative estimate of drug-likeness (QED) is 0.675. The molecule has 3 N–H and O–H groups in total. The summed E-state index contributed by atoms with van der Waals surface area (Å²) in [6.07, 6.45) is 0.169. The van der Waals surface area contributed by atoms with Gasteiger partial charge in [-0.15, -0.1) is 24.8 Å². The molecule has 1 fully saturated rings. The maximum absolute atomic E-state index is 12.4. The lowest BCUT2D eigenvalue weighted by Gasteiger charge is -2.34. The fourth-order valence-corrected chi connectivity index (χ4v) is 3.37. The highest BCUT2D eigenvalue weighted by atomic mass is 35.5. The molecule has 30 heavy (non-hydrogen) atoms. The minimum absolute atomic E-state index is 0. The van der Waals surface area contributed by atoms with Crippen molar-refractivity contribution in [3.05, 3.63) is 71.8 Å². The van der Waals surface area contributed by atoms with Gasteiger partial charge in [0.25, 0.3) is 0 Å². The molecule has 0 saturated carbocycles. The van der Waals surface area contributed by atoms with Gasteiger partial charge < -0.3 is 16.0 Å². The number of nitrogens with two attached hydrogens (primary N) is 1. The largest absolute Gasteiger partial charge is 0.347 e. The standard InChI is InChI=1S/C22H28N4O2.2ClH/c23-20(19-9-5-2-6-10-19)15-21(27)24-16-22(28)26-13-11-25(12-14-26)17-18-7-3-1-4-8-18;;/h1-10,20H,11-17,23H2,(H,24,27);2*1H. The summed E-state index contributed by atoms with van der Waals surface area (Å²) >= 11 is 0. The number of rotatable bonds is 7. The van der Waals surface area contributed by atoms with E-state index >= 15 is 0 Å². The van der Waals surface area contributed by atoms with Gasteiger partial charge in [0.15, 0.2) is 0 Å². The maximum Gasteiger partial charge on any atom is 0.242 e. The fraction of sp³-hybridized carbons (Fsp3) is 0.364. The van der Waals surface area contributed by atoms with Crippen LogP contribution in [0.25, 0.3) is 0 Å². The van der Waals surface area contributed by atoms with Crippen LogP contribution in [0, 0.1) is 0 Å². The van der Waals surface area contributed by atoms with E-state index in [1.54, 1.807) is 0 Å². The molecule has 0 spiro atoms. The van der Waals surface area contributed by atoms with Crippen LogP contribution in [0.15, 0.2) is 60.7 Å². The number of carbonyl (C=O) groups excluding carboxylic acids is 2. The number of nitrogens with zero attached hydrogens (tertiary/aromatic N) is 2. The van der Waals surface area contributed by atoms with Gasteiger partial charge in [-0.25, -0.2) is 0 Å². The van der Waals surface area contributed by atoms with Crippen molar-refractivity contribution in [3.8, 4) is 0 Å². The third kappa shape index (κ3) is 7.95. The lowest BCUT2D eigenvalue weighted by molar-refractivity contribution is -0.134. The minimum atomic E-state index is -0.363. The normalized spacial score (nSPS) is 14.8. The molecule has 0 aromatic heterocycles. The Morgan fingerprint density at radius 2 is 1.47 bits per heavy atom. The predicted molar refractivity (Wildman–Crippen MR) is 124 cm³/mol. The number of halogens is 2. The molecule has 0 radical (unpaired) electrons. The van der Waals surface area contributed by atoms with Crippen LogP contribution in [0.2, 0.25) is 0 Å². The number of benzene rings is 2. The van der Waals surface area contributed by atoms with E-state index in [1.165, 1.54) is 5.56 Å². The summed E-state index contributed by atoms with van der Waals surface area (Å²) in [6.45, 7) is 3.98. The molecule has 1 aliphatic rings. The molecule has 0 bridgehead atoms. The van der Waals surface area contributed by atoms with Crippen LogP contribution in [0.3, 0.4) is 0 Å². The molecule has 2 aromatic rings. The first-order valence-electron chi connectivity index (χ1n) is 9.73. The number of amides is 2. The molecular formula is C22H30Cl2N4O2. The van der Waals surface area contributed by atoms with Gasteiger partial charge in [0.1, 0.15) is 0 Å². The van der Waals surface area contributed by atoms with E-state index in [0.29, 0.717) is 13.1 Å². The fourth-order valence-electron chi connectivity index (χ4n) is 3.37. The molecule has 1 unspecified atom stereocenters. The summed E-state index contributed by atoms with van der Waals surface area (Å²) in [4.78, 5) is 28.6. The Hall–Kier alpha value is -2.12. The number of hydrogen-bond donors (Lipinski definition) is 2. The summed E-state index contributed by atoms with van der Waals surface area (Å²) in [7, 11) is 0. The number of hydrogen-bond acceptors (Lipinski definition) is 4. The van der Waals surface area contributed by atoms with Crippen molar-refractivity contribution >= 4 is 36.6 Å². The first-order valence-corrected chi connectivity index (χ1v) is 9.73. The number of carbonyl (C=O) groups is 2. The lowest BCUT2D eigenvalue weighted by Crippen LogP contribution is -2.50. The van der Waals surface area contributed by atoms with Crippen LogP contribution in [-0.4, -0.2) is 54.3 Å². The Kier molecular flexibility index (Phi) is 11.4. The average Bonchev–Trinajstić information content (AvgIpc) is 2.74. The van der Waals surface area contributed by atoms with E-state index in [9.17, 15) is 9.59 Å². The second kappa shape index (κ2) is 13.2. The van der Waals surface area contributed by atoms with Crippen molar-refractivity contribution < 1.29 is 9.59 Å². The Morgan fingerprint density at radius 1 is 0.900 bits per heavy atom. The van der Waals surface area contributed by atoms with Gasteiger partial charge in [-0.1, -0.05) is 60.7 Å². The van der Waals surface area contributed by atoms with Crippen LogP contribution in [0.5, 0.6) is 0 Å². The van der Waals surface area contributed by atoms with E-state index in [1.807, 2.05) is 53.4 Å². The molecule has 2 aromatic carbocycles. The maximum atomic E-state index is 12.4. The Bertz CT molecular complexity index is 769. The van der Waals surface area contributed by atoms with Crippen LogP contribution in [0.4, 0.5) is 0 Å². The van der Waals surface area contributed by atoms with E-state index in [4.69, 9.17) is 5.73 Å². The molecule has 3 rings (SSSR count). The van der Waals surface area contributed by atoms with Crippen LogP contribution in [-0.2, 0) is 16.1 Å². The molecular weight excluding hydrogens is 423 g/mol. The Morgan fingerprint density at radius 3 is 2.07 bits per heavy atom. The van der Waals surface area contributed by atoms with Gasteiger partial charge >= 0.3 is 0 Å². The van der Waals surface area contributed by atoms with Crippen molar-refractivity contribution in [1.29, 1.82) is 0 Å². The highest BCUT2D eigenvalue weighted by Gasteiger charge is 2.21. The van der Waals surface area contributed by atoms with Crippen molar-refractivity contribution in [1.82, 2.24) is 15.1 Å². The zero-order valence-corrected chi connectivity index (χ0v) is 18.5. The van der Waals surface area contributed by atoms with E-state index in [2.05, 4.69) is 22.3 Å². The van der Waals surface area contributed by atoms with Gasteiger partial charge in [0, 0.05) is 45.2 Å². The topological polar surface area (TPSA) is 78.7 Å². The van der Waals surface area contributed by atoms with E-state index in [0.717, 1.165) is 25.2 Å². The summed E-state index contributed by atoms with van der Waals surface area (Å²) in [6, 6.07) is 19.5. The Balaban J connectivity index is 0.00000225. The molecule has 164 valence electrons. The Labute approximate surface area is 190 Å². The van der Waals surface area contributed by atoms with Gasteiger partial charge in [-0.3, -0.25) is 14.5 Å². The molecule has 6 nitrogen and oxygen atoms in total. The minimum Gasteiger partial charge on any atom is -0.347 e. The molecule has 1 aliphatic heterocycles. The van der Waals surface area contributed by atoms with Gasteiger partial charge in [-0.05, 0) is 11.1 Å². The van der Waals surface area contributed by atoms with Gasteiger partial charge in [0.05, 0.1) is 6.54 Å². The zero-order chi connectivity index (χ0) is 19.8. The second-order valence-electron chi connectivity index (χ2n) is 7.14. The first kappa shape index (κ1) is 25.9. The van der Waals surface area contributed by atoms with Crippen LogP contribution in [0.1, 0.15) is 23.6 Å². The van der Waals surface area contributed by atoms with E-state index < -0.39 is 0 Å². The van der Waals surface area contributed by atoms with E-state index in [-0.39, 0.29) is 55.6 Å². The van der Waals surface area contributed by atoms with Crippen molar-refractivity contribution in [2.45, 2.75) is 19.0 Å². The number of nitrogens with one attached hydrogen (secondary N) is 1. The first-order chi connectivity index (χ1) is 13.6. The van der Waals surface area contributed by atoms with Crippen LogP contribution >= 0.6 is 24.8 Å². The van der Waals surface area contributed by atoms with Gasteiger partial charge in [0.2, 0.25) is 11.8 Å². The zero-order valence-electron chi connectivity index (χ0n) is 16.9. The molecule has 0 aliphatic carbocycles. The molecule has 2 amide bonds. The average molecular weight is 453 g/mol. The van der Waals surface area contributed by atoms with Crippen molar-refractivity contribution in [2.75, 3.05) is 32.7 Å². The summed E-state index contributed by atoms with van der Waals surface area (Å²) in [5, 5.41) is 2.71. The monoisotopic (exact) mass is 452 g/mol. The molecule has 1 atom stereocenters. The molecule has 1 saturated heterocycles. The summed E-state index contributed by atoms with van der Waals surface area (Å²) in [5.74, 6) is -0.242. The smallest absolute Gasteiger partial charge is 0.242 e. The van der Waals surface area contributed by atoms with Gasteiger partial charge in [-0.2, -0.15) is 0 Å². The van der Waals surface area contributed by atoms with Crippen molar-refractivity contribution in [3.63, 3.8) is 0 Å². The SMILES string of the molecule is Cl.Cl.NC(CC(=O)NCC(=O)N1CCN(Cc2ccccc2)CC1)c1ccccc1. The van der Waals surface area contributed by atoms with Crippen LogP contribution < -0.4 is 11.1 Å². The lowest BCUT2D eigenvalue weighted by atomic mass is 10.0. The second-order valence-corrected chi connectivity index (χ2v) is 7.14. The summed E-state index contributed by atoms with van der Waals surface area (Å²) < 4.78 is 0. The molecule has 1 heterocycles. The highest BCUT2D eigenvalue weighted by molar-refractivity contribution is 5.86. The highest BCUT2D eigenvalue weighted by Crippen LogP contribution is 2.13.